The van der Waals surface area contributed by atoms with Crippen LogP contribution in [0.25, 0.3) is 11.3 Å². The summed E-state index contributed by atoms with van der Waals surface area (Å²) >= 11 is 0. The second-order valence-electron chi connectivity index (χ2n) is 6.60. The molecule has 0 atom stereocenters. The van der Waals surface area contributed by atoms with Gasteiger partial charge in [-0.25, -0.2) is 13.5 Å². The third kappa shape index (κ3) is 3.56. The highest BCUT2D eigenvalue weighted by molar-refractivity contribution is 5.89. The second kappa shape index (κ2) is 7.23. The highest BCUT2D eigenvalue weighted by Gasteiger charge is 2.29. The number of nitrogens with zero attached hydrogens (tertiary/aromatic N) is 2. The molecule has 1 amide bonds. The van der Waals surface area contributed by atoms with Crippen LogP contribution in [0.4, 0.5) is 10.1 Å². The van der Waals surface area contributed by atoms with Crippen molar-refractivity contribution in [3.63, 3.8) is 0 Å². The molecule has 0 spiro atoms. The Hall–Kier alpha value is -3.15. The fraction of sp³-hybridized carbons (Fsp3) is 0.238. The number of carbonyl (C=O) groups is 1. The molecule has 4 rings (SSSR count). The predicted molar refractivity (Wildman–Crippen MR) is 100.0 cm³/mol. The minimum absolute atomic E-state index is 0.174. The first-order valence-electron chi connectivity index (χ1n) is 8.96. The average molecular weight is 366 g/mol. The van der Waals surface area contributed by atoms with Gasteiger partial charge in [0.25, 0.3) is 11.7 Å². The van der Waals surface area contributed by atoms with E-state index in [1.54, 1.807) is 19.2 Å². The zero-order valence-corrected chi connectivity index (χ0v) is 15.1. The summed E-state index contributed by atoms with van der Waals surface area (Å²) in [7, 11) is 1.65. The van der Waals surface area contributed by atoms with E-state index in [9.17, 15) is 9.18 Å². The van der Waals surface area contributed by atoms with Crippen LogP contribution in [0.1, 0.15) is 12.2 Å². The third-order valence-electron chi connectivity index (χ3n) is 4.80. The quantitative estimate of drug-likeness (QED) is 0.705. The topological polar surface area (TPSA) is 47.1 Å². The number of fused-ring (bicyclic) bond motifs is 1. The summed E-state index contributed by atoms with van der Waals surface area (Å²) in [4.78, 5) is 12.4. The first kappa shape index (κ1) is 17.3. The lowest BCUT2D eigenvalue weighted by molar-refractivity contribution is -0.690. The fourth-order valence-corrected chi connectivity index (χ4v) is 3.56. The SMILES string of the molecule is COc1ccc(-c2c[n+](CC(=O)Nc3cccc(F)c3)c3n2CCC3)cc1. The Bertz CT molecular complexity index is 980. The number of ether oxygens (including phenoxy) is 1. The maximum Gasteiger partial charge on any atom is 0.266 e. The molecule has 5 nitrogen and oxygen atoms in total. The van der Waals surface area contributed by atoms with Crippen molar-refractivity contribution in [3.8, 4) is 17.0 Å². The number of benzene rings is 2. The van der Waals surface area contributed by atoms with E-state index in [2.05, 4.69) is 9.88 Å². The van der Waals surface area contributed by atoms with Gasteiger partial charge in [-0.15, -0.1) is 0 Å². The molecule has 2 aromatic carbocycles. The Morgan fingerprint density at radius 2 is 2.07 bits per heavy atom. The molecule has 0 radical (unpaired) electrons. The van der Waals surface area contributed by atoms with E-state index < -0.39 is 0 Å². The zero-order chi connectivity index (χ0) is 18.8. The molecule has 1 aliphatic heterocycles. The lowest BCUT2D eigenvalue weighted by atomic mass is 10.1. The summed E-state index contributed by atoms with van der Waals surface area (Å²) in [6.45, 7) is 1.14. The minimum Gasteiger partial charge on any atom is -0.497 e. The lowest BCUT2D eigenvalue weighted by Crippen LogP contribution is -2.42. The van der Waals surface area contributed by atoms with Gasteiger partial charge in [-0.05, 0) is 48.9 Å². The van der Waals surface area contributed by atoms with Crippen molar-refractivity contribution < 1.29 is 18.5 Å². The first-order chi connectivity index (χ1) is 13.1. The first-order valence-corrected chi connectivity index (χ1v) is 8.96. The van der Waals surface area contributed by atoms with Gasteiger partial charge in [-0.3, -0.25) is 4.79 Å². The van der Waals surface area contributed by atoms with Crippen LogP contribution in [0.15, 0.2) is 54.7 Å². The highest BCUT2D eigenvalue weighted by atomic mass is 19.1. The molecule has 0 saturated heterocycles. The number of imidazole rings is 1. The van der Waals surface area contributed by atoms with Crippen molar-refractivity contribution in [3.05, 3.63) is 66.4 Å². The van der Waals surface area contributed by atoms with Gasteiger partial charge in [0.15, 0.2) is 12.2 Å². The van der Waals surface area contributed by atoms with Gasteiger partial charge in [-0.1, -0.05) is 6.07 Å². The number of aromatic nitrogens is 2. The molecule has 0 bridgehead atoms. The Morgan fingerprint density at radius 3 is 2.81 bits per heavy atom. The van der Waals surface area contributed by atoms with E-state index >= 15 is 0 Å². The van der Waals surface area contributed by atoms with Crippen LogP contribution in [0.5, 0.6) is 5.75 Å². The van der Waals surface area contributed by atoms with Crippen LogP contribution < -0.4 is 14.6 Å². The van der Waals surface area contributed by atoms with Crippen LogP contribution in [-0.4, -0.2) is 17.6 Å². The summed E-state index contributed by atoms with van der Waals surface area (Å²) in [5.74, 6) is 1.41. The monoisotopic (exact) mass is 366 g/mol. The van der Waals surface area contributed by atoms with Crippen LogP contribution in [0.3, 0.4) is 0 Å². The van der Waals surface area contributed by atoms with E-state index in [1.165, 1.54) is 12.1 Å². The van der Waals surface area contributed by atoms with E-state index in [1.807, 2.05) is 35.0 Å². The summed E-state index contributed by atoms with van der Waals surface area (Å²) in [6.07, 6.45) is 4.01. The summed E-state index contributed by atoms with van der Waals surface area (Å²) in [5, 5.41) is 2.76. The third-order valence-corrected chi connectivity index (χ3v) is 4.80. The van der Waals surface area contributed by atoms with Crippen LogP contribution in [0, 0.1) is 5.82 Å². The Labute approximate surface area is 157 Å². The van der Waals surface area contributed by atoms with Crippen LogP contribution in [0.2, 0.25) is 0 Å². The number of amides is 1. The number of nitrogens with one attached hydrogen (secondary N) is 1. The second-order valence-corrected chi connectivity index (χ2v) is 6.60. The van der Waals surface area contributed by atoms with Crippen molar-refractivity contribution >= 4 is 11.6 Å². The van der Waals surface area contributed by atoms with Crippen molar-refractivity contribution in [1.29, 1.82) is 0 Å². The van der Waals surface area contributed by atoms with Crippen LogP contribution >= 0.6 is 0 Å². The lowest BCUT2D eigenvalue weighted by Gasteiger charge is -2.04. The van der Waals surface area contributed by atoms with Crippen molar-refractivity contribution in [2.24, 2.45) is 0 Å². The molecule has 1 aliphatic rings. The molecule has 6 heteroatoms. The van der Waals surface area contributed by atoms with Gasteiger partial charge in [0, 0.05) is 11.3 Å². The molecule has 3 aromatic rings. The number of anilines is 1. The molecule has 138 valence electrons. The van der Waals surface area contributed by atoms with Crippen LogP contribution in [-0.2, 0) is 24.3 Å². The Morgan fingerprint density at radius 1 is 1.26 bits per heavy atom. The highest BCUT2D eigenvalue weighted by Crippen LogP contribution is 2.26. The van der Waals surface area contributed by atoms with E-state index in [0.717, 1.165) is 42.2 Å². The number of rotatable bonds is 5. The van der Waals surface area contributed by atoms with Crippen molar-refractivity contribution in [1.82, 2.24) is 4.57 Å². The summed E-state index contributed by atoms with van der Waals surface area (Å²) in [6, 6.07) is 13.8. The van der Waals surface area contributed by atoms with Gasteiger partial charge in [0.05, 0.1) is 20.1 Å². The molecule has 0 saturated carbocycles. The van der Waals surface area contributed by atoms with Gasteiger partial charge < -0.3 is 10.1 Å². The Balaban J connectivity index is 1.57. The molecular weight excluding hydrogens is 345 g/mol. The predicted octanol–water partition coefficient (Wildman–Crippen LogP) is 3.18. The van der Waals surface area contributed by atoms with E-state index in [0.29, 0.717) is 5.69 Å². The largest absolute Gasteiger partial charge is 0.497 e. The maximum atomic E-state index is 13.3. The Kier molecular flexibility index (Phi) is 4.62. The standard InChI is InChI=1S/C21H20FN3O2/c1-27-18-9-7-15(8-10-18)19-13-24(21-6-3-11-25(19)21)14-20(26)23-17-5-2-4-16(22)12-17/h2,4-5,7-10,12-13H,3,6,11,14H2,1H3/p+1. The summed E-state index contributed by atoms with van der Waals surface area (Å²) < 4.78 is 22.8. The number of hydrogen-bond donors (Lipinski definition) is 1. The van der Waals surface area contributed by atoms with E-state index in [4.69, 9.17) is 4.74 Å². The number of methoxy groups -OCH3 is 1. The molecular formula is C21H21FN3O2+. The molecule has 0 aliphatic carbocycles. The number of hydrogen-bond acceptors (Lipinski definition) is 2. The minimum atomic E-state index is -0.369. The van der Waals surface area contributed by atoms with Crippen molar-refractivity contribution in [2.75, 3.05) is 12.4 Å². The zero-order valence-electron chi connectivity index (χ0n) is 15.1. The summed E-state index contributed by atoms with van der Waals surface area (Å²) in [5.41, 5.74) is 2.64. The molecule has 1 N–H and O–H groups in total. The van der Waals surface area contributed by atoms with Gasteiger partial charge >= 0.3 is 0 Å². The number of carbonyl (C=O) groups excluding carboxylic acids is 1. The van der Waals surface area contributed by atoms with E-state index in [-0.39, 0.29) is 18.3 Å². The molecule has 27 heavy (non-hydrogen) atoms. The molecule has 0 unspecified atom stereocenters. The van der Waals surface area contributed by atoms with Gasteiger partial charge in [0.2, 0.25) is 0 Å². The number of halogens is 1. The smallest absolute Gasteiger partial charge is 0.266 e. The molecule has 2 heterocycles. The van der Waals surface area contributed by atoms with Crippen molar-refractivity contribution in [2.45, 2.75) is 25.9 Å². The van der Waals surface area contributed by atoms with Gasteiger partial charge in [-0.2, -0.15) is 0 Å². The molecule has 1 aromatic heterocycles. The fourth-order valence-electron chi connectivity index (χ4n) is 3.56. The van der Waals surface area contributed by atoms with Gasteiger partial charge in [0.1, 0.15) is 17.8 Å². The average Bonchev–Trinajstić information content (AvgIpc) is 3.26. The maximum absolute atomic E-state index is 13.3. The normalized spacial score (nSPS) is 12.7. The molecule has 0 fully saturated rings.